The molecule has 0 unspecified atom stereocenters. The van der Waals surface area contributed by atoms with Crippen molar-refractivity contribution in [1.82, 2.24) is 0 Å². The van der Waals surface area contributed by atoms with Crippen molar-refractivity contribution in [2.45, 2.75) is 0 Å². The zero-order valence-corrected chi connectivity index (χ0v) is 12.7. The second-order valence-electron chi connectivity index (χ2n) is 5.13. The highest BCUT2D eigenvalue weighted by molar-refractivity contribution is 9.10. The van der Waals surface area contributed by atoms with Crippen LogP contribution in [0.4, 0.5) is 0 Å². The number of phenols is 1. The third-order valence-corrected chi connectivity index (χ3v) is 4.70. The molecule has 98 valence electrons. The van der Waals surface area contributed by atoms with Crippen LogP contribution in [0.3, 0.4) is 0 Å². The Kier molecular flexibility index (Phi) is 2.73. The van der Waals surface area contributed by atoms with Crippen LogP contribution >= 0.6 is 15.9 Å². The van der Waals surface area contributed by atoms with Gasteiger partial charge in [0.25, 0.3) is 0 Å². The third kappa shape index (κ3) is 1.71. The fraction of sp³-hybridized carbons (Fsp3) is 0. The van der Waals surface area contributed by atoms with Gasteiger partial charge in [-0.1, -0.05) is 69.9 Å². The van der Waals surface area contributed by atoms with Crippen molar-refractivity contribution in [3.05, 3.63) is 59.1 Å². The second kappa shape index (κ2) is 4.50. The summed E-state index contributed by atoms with van der Waals surface area (Å²) in [5.41, 5.74) is 0.709. The molecule has 0 amide bonds. The summed E-state index contributed by atoms with van der Waals surface area (Å²) in [7, 11) is 6.33. The van der Waals surface area contributed by atoms with Gasteiger partial charge in [0.1, 0.15) is 13.6 Å². The summed E-state index contributed by atoms with van der Waals surface area (Å²) in [6.07, 6.45) is 0. The summed E-state index contributed by atoms with van der Waals surface area (Å²) in [6, 6.07) is 17.7. The van der Waals surface area contributed by atoms with Crippen LogP contribution < -0.4 is 5.46 Å². The van der Waals surface area contributed by atoms with Gasteiger partial charge in [-0.25, -0.2) is 0 Å². The molecule has 0 aliphatic rings. The van der Waals surface area contributed by atoms with E-state index in [-0.39, 0.29) is 0 Å². The minimum absolute atomic E-state index is 0.290. The molecule has 0 atom stereocenters. The van der Waals surface area contributed by atoms with Crippen molar-refractivity contribution in [2.75, 3.05) is 0 Å². The van der Waals surface area contributed by atoms with E-state index < -0.39 is 0 Å². The standard InChI is InChI=1S/C18H10BBrO/c19-17-12-4-1-2-5-13(12)18(21)16-11-6-3-7-15(20)10(11)8-9-14(16)17/h1-9,21H. The molecule has 4 aromatic carbocycles. The minimum Gasteiger partial charge on any atom is -0.507 e. The van der Waals surface area contributed by atoms with Crippen LogP contribution in [-0.2, 0) is 0 Å². The van der Waals surface area contributed by atoms with Gasteiger partial charge >= 0.3 is 0 Å². The van der Waals surface area contributed by atoms with Crippen molar-refractivity contribution < 1.29 is 5.11 Å². The Bertz CT molecular complexity index is 1020. The molecular formula is C18H10BBrO. The van der Waals surface area contributed by atoms with Crippen molar-refractivity contribution in [1.29, 1.82) is 0 Å². The van der Waals surface area contributed by atoms with Crippen LogP contribution in [0.5, 0.6) is 5.75 Å². The van der Waals surface area contributed by atoms with Gasteiger partial charge < -0.3 is 5.11 Å². The van der Waals surface area contributed by atoms with Crippen LogP contribution in [0.15, 0.2) is 59.1 Å². The highest BCUT2D eigenvalue weighted by atomic mass is 79.9. The molecule has 0 aliphatic carbocycles. The van der Waals surface area contributed by atoms with E-state index in [4.69, 9.17) is 7.85 Å². The first kappa shape index (κ1) is 12.7. The summed E-state index contributed by atoms with van der Waals surface area (Å²) < 4.78 is 1.01. The first-order chi connectivity index (χ1) is 10.2. The summed E-state index contributed by atoms with van der Waals surface area (Å²) >= 11 is 3.56. The highest BCUT2D eigenvalue weighted by Gasteiger charge is 2.13. The zero-order valence-electron chi connectivity index (χ0n) is 11.1. The molecule has 0 saturated heterocycles. The maximum Gasteiger partial charge on any atom is 0.131 e. The Morgan fingerprint density at radius 1 is 0.714 bits per heavy atom. The lowest BCUT2D eigenvalue weighted by atomic mass is 9.83. The van der Waals surface area contributed by atoms with Crippen molar-refractivity contribution in [3.8, 4) is 5.75 Å². The van der Waals surface area contributed by atoms with Crippen molar-refractivity contribution >= 4 is 61.6 Å². The molecule has 21 heavy (non-hydrogen) atoms. The smallest absolute Gasteiger partial charge is 0.131 e. The lowest BCUT2D eigenvalue weighted by Gasteiger charge is -2.13. The fourth-order valence-corrected chi connectivity index (χ4v) is 3.50. The molecule has 0 spiro atoms. The second-order valence-corrected chi connectivity index (χ2v) is 5.99. The molecule has 0 aliphatic heterocycles. The molecule has 4 rings (SSSR count). The van der Waals surface area contributed by atoms with Gasteiger partial charge in [0, 0.05) is 15.2 Å². The van der Waals surface area contributed by atoms with Gasteiger partial charge in [-0.05, 0) is 27.6 Å². The molecule has 2 radical (unpaired) electrons. The summed E-state index contributed by atoms with van der Waals surface area (Å²) in [4.78, 5) is 0. The first-order valence-corrected chi connectivity index (χ1v) is 7.48. The zero-order chi connectivity index (χ0) is 14.6. The lowest BCUT2D eigenvalue weighted by molar-refractivity contribution is 0.488. The minimum atomic E-state index is 0.290. The van der Waals surface area contributed by atoms with Gasteiger partial charge in [-0.3, -0.25) is 0 Å². The van der Waals surface area contributed by atoms with Gasteiger partial charge in [-0.2, -0.15) is 0 Å². The molecule has 0 heterocycles. The van der Waals surface area contributed by atoms with E-state index in [1.807, 2.05) is 54.6 Å². The van der Waals surface area contributed by atoms with Gasteiger partial charge in [0.2, 0.25) is 0 Å². The maximum absolute atomic E-state index is 10.8. The topological polar surface area (TPSA) is 20.2 Å². The number of rotatable bonds is 0. The number of aromatic hydroxyl groups is 1. The average Bonchev–Trinajstić information content (AvgIpc) is 2.52. The number of hydrogen-bond donors (Lipinski definition) is 1. The number of benzene rings is 4. The van der Waals surface area contributed by atoms with E-state index in [9.17, 15) is 5.11 Å². The molecular weight excluding hydrogens is 323 g/mol. The Labute approximate surface area is 131 Å². The normalized spacial score (nSPS) is 11.5. The SMILES string of the molecule is [B]c1c2ccccc2c(O)c2c1ccc1c(Br)cccc12. The molecule has 4 aromatic rings. The molecule has 0 bridgehead atoms. The Morgan fingerprint density at radius 2 is 1.38 bits per heavy atom. The van der Waals surface area contributed by atoms with Crippen LogP contribution in [-0.4, -0.2) is 13.0 Å². The van der Waals surface area contributed by atoms with Gasteiger partial charge in [0.15, 0.2) is 0 Å². The highest BCUT2D eigenvalue weighted by Crippen LogP contribution is 2.38. The molecule has 0 saturated carbocycles. The van der Waals surface area contributed by atoms with Crippen LogP contribution in [0, 0.1) is 0 Å². The molecule has 0 fully saturated rings. The Hall–Kier alpha value is -2.00. The lowest BCUT2D eigenvalue weighted by Crippen LogP contribution is -2.06. The van der Waals surface area contributed by atoms with E-state index >= 15 is 0 Å². The van der Waals surface area contributed by atoms with Gasteiger partial charge in [0.05, 0.1) is 0 Å². The maximum atomic E-state index is 10.8. The molecule has 3 heteroatoms. The largest absolute Gasteiger partial charge is 0.507 e. The van der Waals surface area contributed by atoms with Crippen LogP contribution in [0.1, 0.15) is 0 Å². The first-order valence-electron chi connectivity index (χ1n) is 6.68. The van der Waals surface area contributed by atoms with Crippen LogP contribution in [0.25, 0.3) is 32.3 Å². The van der Waals surface area contributed by atoms with Gasteiger partial charge in [-0.15, -0.1) is 0 Å². The quantitative estimate of drug-likeness (QED) is 0.287. The third-order valence-electron chi connectivity index (χ3n) is 4.01. The number of halogens is 1. The van der Waals surface area contributed by atoms with E-state index in [0.717, 1.165) is 36.8 Å². The van der Waals surface area contributed by atoms with Crippen molar-refractivity contribution in [3.63, 3.8) is 0 Å². The fourth-order valence-electron chi connectivity index (χ4n) is 3.00. The molecule has 0 aromatic heterocycles. The van der Waals surface area contributed by atoms with E-state index in [1.165, 1.54) is 0 Å². The number of phenolic OH excluding ortho intramolecular Hbond substituents is 1. The van der Waals surface area contributed by atoms with E-state index in [1.54, 1.807) is 0 Å². The Morgan fingerprint density at radius 3 is 2.19 bits per heavy atom. The average molecular weight is 333 g/mol. The summed E-state index contributed by atoms with van der Waals surface area (Å²) in [5.74, 6) is 0.290. The molecule has 1 nitrogen and oxygen atoms in total. The number of fused-ring (bicyclic) bond motifs is 4. The predicted molar refractivity (Wildman–Crippen MR) is 93.7 cm³/mol. The molecule has 1 N–H and O–H groups in total. The van der Waals surface area contributed by atoms with Crippen molar-refractivity contribution in [2.24, 2.45) is 0 Å². The predicted octanol–water partition coefficient (Wildman–Crippen LogP) is 4.41. The summed E-state index contributed by atoms with van der Waals surface area (Å²) in [5, 5.41) is 16.2. The number of hydrogen-bond acceptors (Lipinski definition) is 1. The van der Waals surface area contributed by atoms with E-state index in [0.29, 0.717) is 11.2 Å². The monoisotopic (exact) mass is 332 g/mol. The summed E-state index contributed by atoms with van der Waals surface area (Å²) in [6.45, 7) is 0. The van der Waals surface area contributed by atoms with E-state index in [2.05, 4.69) is 15.9 Å². The van der Waals surface area contributed by atoms with Crippen LogP contribution in [0.2, 0.25) is 0 Å². The Balaban J connectivity index is 2.37.